The van der Waals surface area contributed by atoms with Crippen LogP contribution in [0.3, 0.4) is 0 Å². The molecule has 0 aliphatic heterocycles. The topological polar surface area (TPSA) is 79.3 Å². The van der Waals surface area contributed by atoms with Crippen molar-refractivity contribution >= 4 is 34.8 Å². The third-order valence-corrected chi connectivity index (χ3v) is 5.14. The number of rotatable bonds is 6. The van der Waals surface area contributed by atoms with Crippen molar-refractivity contribution in [2.75, 3.05) is 6.54 Å². The van der Waals surface area contributed by atoms with E-state index >= 15 is 0 Å². The Balaban J connectivity index is 1.57. The van der Waals surface area contributed by atoms with E-state index in [9.17, 15) is 9.59 Å². The number of aromatic carboxylic acids is 1. The van der Waals surface area contributed by atoms with Gasteiger partial charge in [-0.25, -0.2) is 9.78 Å². The van der Waals surface area contributed by atoms with E-state index in [2.05, 4.69) is 10.3 Å². The first-order valence-electron chi connectivity index (χ1n) is 7.23. The average molecular weight is 351 g/mol. The van der Waals surface area contributed by atoms with Crippen LogP contribution < -0.4 is 5.32 Å². The van der Waals surface area contributed by atoms with Crippen LogP contribution in [0.25, 0.3) is 0 Å². The molecule has 1 aromatic heterocycles. The molecule has 1 aromatic carbocycles. The number of nitrogens with one attached hydrogen (secondary N) is 1. The van der Waals surface area contributed by atoms with Crippen LogP contribution >= 0.6 is 22.9 Å². The monoisotopic (exact) mass is 350 g/mol. The van der Waals surface area contributed by atoms with Crippen LogP contribution in [0.1, 0.15) is 33.9 Å². The second kappa shape index (κ2) is 6.29. The number of carboxylic acids is 1. The summed E-state index contributed by atoms with van der Waals surface area (Å²) in [6, 6.07) is 7.39. The highest BCUT2D eigenvalue weighted by Crippen LogP contribution is 2.48. The van der Waals surface area contributed by atoms with Gasteiger partial charge in [0, 0.05) is 23.4 Å². The maximum Gasteiger partial charge on any atom is 0.355 e. The summed E-state index contributed by atoms with van der Waals surface area (Å²) in [5.74, 6) is -1.02. The first-order valence-corrected chi connectivity index (χ1v) is 8.49. The number of halogens is 1. The quantitative estimate of drug-likeness (QED) is 0.839. The Morgan fingerprint density at radius 3 is 2.57 bits per heavy atom. The molecule has 0 radical (unpaired) electrons. The molecule has 1 aliphatic rings. The number of aromatic nitrogens is 1. The lowest BCUT2D eigenvalue weighted by Crippen LogP contribution is -2.35. The number of carboxylic acid groups (broad SMARTS) is 1. The van der Waals surface area contributed by atoms with Gasteiger partial charge in [0.15, 0.2) is 5.69 Å². The van der Waals surface area contributed by atoms with E-state index in [1.165, 1.54) is 16.7 Å². The predicted octanol–water partition coefficient (Wildman–Crippen LogP) is 2.89. The molecule has 2 aromatic rings. The van der Waals surface area contributed by atoms with Crippen molar-refractivity contribution in [3.63, 3.8) is 0 Å². The van der Waals surface area contributed by atoms with E-state index in [4.69, 9.17) is 16.7 Å². The molecule has 23 heavy (non-hydrogen) atoms. The first kappa shape index (κ1) is 16.0. The van der Waals surface area contributed by atoms with Gasteiger partial charge >= 0.3 is 5.97 Å². The molecular formula is C16H15ClN2O3S. The van der Waals surface area contributed by atoms with Gasteiger partial charge in [-0.05, 0) is 30.5 Å². The molecule has 0 bridgehead atoms. The smallest absolute Gasteiger partial charge is 0.355 e. The van der Waals surface area contributed by atoms with Crippen molar-refractivity contribution in [3.05, 3.63) is 50.9 Å². The number of carbonyl (C=O) groups is 2. The normalized spacial score (nSPS) is 15.2. The number of nitrogens with zero attached hydrogens (tertiary/aromatic N) is 1. The van der Waals surface area contributed by atoms with Gasteiger partial charge in [0.2, 0.25) is 5.91 Å². The lowest BCUT2D eigenvalue weighted by molar-refractivity contribution is -0.123. The molecule has 1 saturated carbocycles. The molecule has 7 heteroatoms. The highest BCUT2D eigenvalue weighted by Gasteiger charge is 2.50. The summed E-state index contributed by atoms with van der Waals surface area (Å²) in [5.41, 5.74) is 0.609. The fraction of sp³-hybridized carbons (Fsp3) is 0.312. The second-order valence-electron chi connectivity index (χ2n) is 5.53. The molecule has 1 fully saturated rings. The minimum Gasteiger partial charge on any atom is -0.476 e. The van der Waals surface area contributed by atoms with Crippen molar-refractivity contribution in [3.8, 4) is 0 Å². The molecule has 120 valence electrons. The Labute approximate surface area is 142 Å². The van der Waals surface area contributed by atoms with Gasteiger partial charge in [-0.15, -0.1) is 11.3 Å². The van der Waals surface area contributed by atoms with Gasteiger partial charge in [-0.3, -0.25) is 4.79 Å². The van der Waals surface area contributed by atoms with Crippen LogP contribution in [0.15, 0.2) is 29.6 Å². The van der Waals surface area contributed by atoms with Crippen molar-refractivity contribution < 1.29 is 14.7 Å². The Hall–Kier alpha value is -1.92. The zero-order valence-electron chi connectivity index (χ0n) is 12.2. The number of amides is 1. The van der Waals surface area contributed by atoms with Crippen LogP contribution in [-0.4, -0.2) is 28.5 Å². The highest BCUT2D eigenvalue weighted by molar-refractivity contribution is 7.09. The number of hydrogen-bond acceptors (Lipinski definition) is 4. The fourth-order valence-corrected chi connectivity index (χ4v) is 3.42. The van der Waals surface area contributed by atoms with E-state index in [1.54, 1.807) is 12.1 Å². The van der Waals surface area contributed by atoms with Crippen molar-refractivity contribution in [1.82, 2.24) is 10.3 Å². The summed E-state index contributed by atoms with van der Waals surface area (Å²) >= 11 is 7.18. The van der Waals surface area contributed by atoms with Gasteiger partial charge in [-0.2, -0.15) is 0 Å². The molecule has 1 aliphatic carbocycles. The lowest BCUT2D eigenvalue weighted by Gasteiger charge is -2.15. The predicted molar refractivity (Wildman–Crippen MR) is 88.2 cm³/mol. The molecular weight excluding hydrogens is 336 g/mol. The molecule has 1 amide bonds. The zero-order chi connectivity index (χ0) is 16.4. The zero-order valence-corrected chi connectivity index (χ0v) is 13.8. The van der Waals surface area contributed by atoms with Gasteiger partial charge in [0.1, 0.15) is 0 Å². The second-order valence-corrected chi connectivity index (χ2v) is 6.91. The number of hydrogen-bond donors (Lipinski definition) is 2. The molecule has 2 N–H and O–H groups in total. The van der Waals surface area contributed by atoms with Crippen LogP contribution in [0.5, 0.6) is 0 Å². The average Bonchev–Trinajstić information content (AvgIpc) is 3.20. The number of carbonyl (C=O) groups excluding carboxylic acids is 1. The minimum absolute atomic E-state index is 0.00911. The van der Waals surface area contributed by atoms with Crippen LogP contribution in [-0.2, 0) is 16.6 Å². The summed E-state index contributed by atoms with van der Waals surface area (Å²) in [7, 11) is 0. The molecule has 0 spiro atoms. The van der Waals surface area contributed by atoms with Gasteiger partial charge in [0.25, 0.3) is 0 Å². The summed E-state index contributed by atoms with van der Waals surface area (Å²) in [5, 5.41) is 14.6. The fourth-order valence-electron chi connectivity index (χ4n) is 2.52. The van der Waals surface area contributed by atoms with E-state index in [0.29, 0.717) is 23.0 Å². The lowest BCUT2D eigenvalue weighted by atomic mass is 9.95. The van der Waals surface area contributed by atoms with Crippen LogP contribution in [0, 0.1) is 0 Å². The summed E-state index contributed by atoms with van der Waals surface area (Å²) in [6.45, 7) is 0.445. The standard InChI is InChI=1S/C16H15ClN2O3S/c17-11-3-1-10(2-4-11)16(6-7-16)15(22)18-8-5-13-19-12(9-23-13)14(20)21/h1-4,9H,5-8H2,(H,18,22)(H,20,21). The molecule has 5 nitrogen and oxygen atoms in total. The third-order valence-electron chi connectivity index (χ3n) is 3.98. The Kier molecular flexibility index (Phi) is 4.37. The van der Waals surface area contributed by atoms with Crippen molar-refractivity contribution in [1.29, 1.82) is 0 Å². The molecule has 3 rings (SSSR count). The molecule has 0 atom stereocenters. The minimum atomic E-state index is -1.03. The highest BCUT2D eigenvalue weighted by atomic mass is 35.5. The Morgan fingerprint density at radius 1 is 1.30 bits per heavy atom. The van der Waals surface area contributed by atoms with Gasteiger partial charge in [-0.1, -0.05) is 23.7 Å². The SMILES string of the molecule is O=C(O)c1csc(CCNC(=O)C2(c3ccc(Cl)cc3)CC2)n1. The Morgan fingerprint density at radius 2 is 2.00 bits per heavy atom. The maximum atomic E-state index is 12.5. The van der Waals surface area contributed by atoms with E-state index < -0.39 is 11.4 Å². The van der Waals surface area contributed by atoms with Crippen LogP contribution in [0.2, 0.25) is 5.02 Å². The largest absolute Gasteiger partial charge is 0.476 e. The summed E-state index contributed by atoms with van der Waals surface area (Å²) < 4.78 is 0. The number of benzene rings is 1. The van der Waals surface area contributed by atoms with Gasteiger partial charge < -0.3 is 10.4 Å². The first-order chi connectivity index (χ1) is 11.0. The third kappa shape index (κ3) is 3.38. The van der Waals surface area contributed by atoms with Crippen LogP contribution in [0.4, 0.5) is 0 Å². The molecule has 1 heterocycles. The van der Waals surface area contributed by atoms with E-state index in [-0.39, 0.29) is 11.6 Å². The summed E-state index contributed by atoms with van der Waals surface area (Å²) in [4.78, 5) is 27.2. The molecule has 0 saturated heterocycles. The van der Waals surface area contributed by atoms with Crippen molar-refractivity contribution in [2.24, 2.45) is 0 Å². The summed E-state index contributed by atoms with van der Waals surface area (Å²) in [6.07, 6.45) is 2.20. The van der Waals surface area contributed by atoms with Crippen molar-refractivity contribution in [2.45, 2.75) is 24.7 Å². The van der Waals surface area contributed by atoms with Gasteiger partial charge in [0.05, 0.1) is 10.4 Å². The maximum absolute atomic E-state index is 12.5. The van der Waals surface area contributed by atoms with E-state index in [0.717, 1.165) is 18.4 Å². The molecule has 0 unspecified atom stereocenters. The Bertz CT molecular complexity index is 738. The number of thiazole rings is 1. The van der Waals surface area contributed by atoms with E-state index in [1.807, 2.05) is 12.1 Å².